The van der Waals surface area contributed by atoms with Crippen LogP contribution < -0.4 is 0 Å². The summed E-state index contributed by atoms with van der Waals surface area (Å²) in [6, 6.07) is 3.84. The Balaban J connectivity index is 2.25. The third-order valence-corrected chi connectivity index (χ3v) is 2.90. The van der Waals surface area contributed by atoms with Gasteiger partial charge < -0.3 is 4.74 Å². The first kappa shape index (κ1) is 7.00. The minimum atomic E-state index is 0.141. The van der Waals surface area contributed by atoms with Gasteiger partial charge in [-0.25, -0.2) is 0 Å². The van der Waals surface area contributed by atoms with Gasteiger partial charge in [-0.1, -0.05) is 0 Å². The number of carbonyl (C=O) groups is 1. The molecule has 0 amide bonds. The zero-order chi connectivity index (χ0) is 7.84. The second-order valence-corrected chi connectivity index (χ2v) is 3.70. The summed E-state index contributed by atoms with van der Waals surface area (Å²) in [5.41, 5.74) is 0. The largest absolute Gasteiger partial charge is 0.367 e. The van der Waals surface area contributed by atoms with Gasteiger partial charge in [0.25, 0.3) is 0 Å². The van der Waals surface area contributed by atoms with Crippen LogP contribution in [0, 0.1) is 0 Å². The van der Waals surface area contributed by atoms with E-state index in [0.29, 0.717) is 0 Å². The molecule has 0 radical (unpaired) electrons. The standard InChI is InChI=1S/C8H8O2S/c1-5(9)7-2-3-8(11-7)6-4-10-6/h2-3,6H,4H2,1H3. The van der Waals surface area contributed by atoms with Crippen molar-refractivity contribution in [1.82, 2.24) is 0 Å². The zero-order valence-electron chi connectivity index (χ0n) is 6.16. The highest BCUT2D eigenvalue weighted by atomic mass is 32.1. The van der Waals surface area contributed by atoms with E-state index in [0.717, 1.165) is 11.5 Å². The normalized spacial score (nSPS) is 21.7. The Kier molecular flexibility index (Phi) is 1.55. The fourth-order valence-corrected chi connectivity index (χ4v) is 1.86. The Labute approximate surface area is 68.8 Å². The van der Waals surface area contributed by atoms with Gasteiger partial charge in [-0.15, -0.1) is 11.3 Å². The number of Topliss-reactive ketones (excluding diaryl/α,β-unsaturated/α-hetero) is 1. The molecule has 58 valence electrons. The lowest BCUT2D eigenvalue weighted by Gasteiger charge is -1.84. The number of ketones is 1. The fraction of sp³-hybridized carbons (Fsp3) is 0.375. The molecule has 1 fully saturated rings. The molecular weight excluding hydrogens is 160 g/mol. The van der Waals surface area contributed by atoms with Crippen LogP contribution in [0.2, 0.25) is 0 Å². The van der Waals surface area contributed by atoms with E-state index in [-0.39, 0.29) is 11.9 Å². The van der Waals surface area contributed by atoms with Crippen LogP contribution in [0.4, 0.5) is 0 Å². The van der Waals surface area contributed by atoms with Crippen molar-refractivity contribution in [2.75, 3.05) is 6.61 Å². The fourth-order valence-electron chi connectivity index (χ4n) is 0.927. The Morgan fingerprint density at radius 3 is 2.91 bits per heavy atom. The highest BCUT2D eigenvalue weighted by Crippen LogP contribution is 2.34. The van der Waals surface area contributed by atoms with Gasteiger partial charge in [-0.3, -0.25) is 4.79 Å². The molecule has 0 bridgehead atoms. The lowest BCUT2D eigenvalue weighted by atomic mass is 10.3. The van der Waals surface area contributed by atoms with E-state index in [1.165, 1.54) is 16.2 Å². The van der Waals surface area contributed by atoms with Crippen molar-refractivity contribution in [3.8, 4) is 0 Å². The number of rotatable bonds is 2. The second kappa shape index (κ2) is 2.43. The quantitative estimate of drug-likeness (QED) is 0.499. The summed E-state index contributed by atoms with van der Waals surface area (Å²) in [5, 5.41) is 0. The van der Waals surface area contributed by atoms with Gasteiger partial charge in [-0.2, -0.15) is 0 Å². The van der Waals surface area contributed by atoms with Gasteiger partial charge >= 0.3 is 0 Å². The van der Waals surface area contributed by atoms with Crippen LogP contribution >= 0.6 is 11.3 Å². The van der Waals surface area contributed by atoms with Gasteiger partial charge in [0.15, 0.2) is 5.78 Å². The van der Waals surface area contributed by atoms with Crippen molar-refractivity contribution >= 4 is 17.1 Å². The molecule has 1 atom stereocenters. The molecule has 1 saturated heterocycles. The number of ether oxygens (including phenoxy) is 1. The van der Waals surface area contributed by atoms with Crippen LogP contribution in [-0.2, 0) is 4.74 Å². The molecule has 0 aliphatic carbocycles. The number of hydrogen-bond donors (Lipinski definition) is 0. The summed E-state index contributed by atoms with van der Waals surface area (Å²) in [4.78, 5) is 12.9. The maximum Gasteiger partial charge on any atom is 0.169 e. The van der Waals surface area contributed by atoms with Crippen molar-refractivity contribution in [1.29, 1.82) is 0 Å². The highest BCUT2D eigenvalue weighted by Gasteiger charge is 2.26. The number of carbonyl (C=O) groups excluding carboxylic acids is 1. The van der Waals surface area contributed by atoms with Crippen molar-refractivity contribution in [2.45, 2.75) is 13.0 Å². The second-order valence-electron chi connectivity index (χ2n) is 2.58. The number of thiophene rings is 1. The number of epoxide rings is 1. The molecule has 1 aliphatic heterocycles. The van der Waals surface area contributed by atoms with E-state index in [4.69, 9.17) is 4.74 Å². The van der Waals surface area contributed by atoms with E-state index < -0.39 is 0 Å². The topological polar surface area (TPSA) is 29.6 Å². The molecule has 0 aromatic carbocycles. The summed E-state index contributed by atoms with van der Waals surface area (Å²) in [5.74, 6) is 0.141. The third kappa shape index (κ3) is 1.34. The molecule has 1 aromatic rings. The summed E-state index contributed by atoms with van der Waals surface area (Å²) in [6.07, 6.45) is 0.285. The predicted octanol–water partition coefficient (Wildman–Crippen LogP) is 2.02. The van der Waals surface area contributed by atoms with Crippen LogP contribution in [0.3, 0.4) is 0 Å². The van der Waals surface area contributed by atoms with Gasteiger partial charge in [0.1, 0.15) is 6.10 Å². The van der Waals surface area contributed by atoms with Crippen LogP contribution in [0.15, 0.2) is 12.1 Å². The lowest BCUT2D eigenvalue weighted by molar-refractivity contribution is 0.102. The first-order chi connectivity index (χ1) is 5.27. The summed E-state index contributed by atoms with van der Waals surface area (Å²) < 4.78 is 5.09. The Morgan fingerprint density at radius 1 is 1.73 bits per heavy atom. The Hall–Kier alpha value is -0.670. The molecule has 2 rings (SSSR count). The lowest BCUT2D eigenvalue weighted by Crippen LogP contribution is -1.83. The molecule has 0 spiro atoms. The highest BCUT2D eigenvalue weighted by molar-refractivity contribution is 7.14. The van der Waals surface area contributed by atoms with Crippen LogP contribution in [-0.4, -0.2) is 12.4 Å². The summed E-state index contributed by atoms with van der Waals surface area (Å²) in [7, 11) is 0. The summed E-state index contributed by atoms with van der Waals surface area (Å²) in [6.45, 7) is 2.40. The van der Waals surface area contributed by atoms with Crippen molar-refractivity contribution in [2.24, 2.45) is 0 Å². The predicted molar refractivity (Wildman–Crippen MR) is 43.0 cm³/mol. The van der Waals surface area contributed by atoms with Crippen LogP contribution in [0.5, 0.6) is 0 Å². The Morgan fingerprint density at radius 2 is 2.45 bits per heavy atom. The first-order valence-corrected chi connectivity index (χ1v) is 4.31. The maximum atomic E-state index is 10.9. The maximum absolute atomic E-state index is 10.9. The molecule has 1 aromatic heterocycles. The zero-order valence-corrected chi connectivity index (χ0v) is 6.98. The minimum Gasteiger partial charge on any atom is -0.367 e. The van der Waals surface area contributed by atoms with Crippen LogP contribution in [0.25, 0.3) is 0 Å². The molecule has 1 aliphatic rings. The van der Waals surface area contributed by atoms with Gasteiger partial charge in [0.2, 0.25) is 0 Å². The molecular formula is C8H8O2S. The monoisotopic (exact) mass is 168 g/mol. The smallest absolute Gasteiger partial charge is 0.169 e. The van der Waals surface area contributed by atoms with Crippen molar-refractivity contribution < 1.29 is 9.53 Å². The minimum absolute atomic E-state index is 0.141. The van der Waals surface area contributed by atoms with Crippen molar-refractivity contribution in [3.63, 3.8) is 0 Å². The van der Waals surface area contributed by atoms with E-state index >= 15 is 0 Å². The molecule has 2 nitrogen and oxygen atoms in total. The van der Waals surface area contributed by atoms with E-state index in [2.05, 4.69) is 0 Å². The van der Waals surface area contributed by atoms with Gasteiger partial charge in [0.05, 0.1) is 11.5 Å². The molecule has 2 heterocycles. The molecule has 3 heteroatoms. The third-order valence-electron chi connectivity index (χ3n) is 1.62. The van der Waals surface area contributed by atoms with Gasteiger partial charge in [-0.05, 0) is 19.1 Å². The molecule has 0 N–H and O–H groups in total. The van der Waals surface area contributed by atoms with Crippen molar-refractivity contribution in [3.05, 3.63) is 21.9 Å². The van der Waals surface area contributed by atoms with E-state index in [1.54, 1.807) is 6.92 Å². The van der Waals surface area contributed by atoms with Gasteiger partial charge in [0, 0.05) is 4.88 Å². The Bertz CT molecular complexity index is 286. The molecule has 1 unspecified atom stereocenters. The average Bonchev–Trinajstić information content (AvgIpc) is 2.68. The molecule has 11 heavy (non-hydrogen) atoms. The molecule has 0 saturated carbocycles. The van der Waals surface area contributed by atoms with Crippen LogP contribution in [0.1, 0.15) is 27.6 Å². The van der Waals surface area contributed by atoms with E-state index in [9.17, 15) is 4.79 Å². The first-order valence-electron chi connectivity index (χ1n) is 3.49. The number of hydrogen-bond acceptors (Lipinski definition) is 3. The SMILES string of the molecule is CC(=O)c1ccc(C2CO2)s1. The van der Waals surface area contributed by atoms with E-state index in [1.807, 2.05) is 12.1 Å². The summed E-state index contributed by atoms with van der Waals surface area (Å²) >= 11 is 1.54. The average molecular weight is 168 g/mol.